The van der Waals surface area contributed by atoms with E-state index in [-0.39, 0.29) is 19.0 Å². The van der Waals surface area contributed by atoms with Crippen LogP contribution in [0.3, 0.4) is 0 Å². The lowest BCUT2D eigenvalue weighted by atomic mass is 9.89. The molecular weight excluding hydrogens is 659 g/mol. The molecule has 0 saturated carbocycles. The molecule has 1 rings (SSSR count). The second-order valence-corrected chi connectivity index (χ2v) is 17.2. The molecular formula is C47H95NO5. The molecule has 0 bridgehead atoms. The van der Waals surface area contributed by atoms with Gasteiger partial charge in [-0.1, -0.05) is 188 Å². The lowest BCUT2D eigenvalue weighted by Crippen LogP contribution is -2.39. The Hall–Kier alpha value is -0.240. The van der Waals surface area contributed by atoms with Gasteiger partial charge in [0.1, 0.15) is 0 Å². The highest BCUT2D eigenvalue weighted by molar-refractivity contribution is 4.75. The SMILES string of the molecule is CCCCCCCC(CCCCCCC)CCC[C@H](O)CN(CCCO)C[C@H](O)CCCCC1OC(CCCCCCC)CC(CCCCCCC)O1. The van der Waals surface area contributed by atoms with Gasteiger partial charge >= 0.3 is 0 Å². The predicted octanol–water partition coefficient (Wildman–Crippen LogP) is 12.7. The third kappa shape index (κ3) is 30.6. The fraction of sp³-hybridized carbons (Fsp3) is 1.00. The van der Waals surface area contributed by atoms with Crippen LogP contribution in [0, 0.1) is 5.92 Å². The average molecular weight is 754 g/mol. The summed E-state index contributed by atoms with van der Waals surface area (Å²) in [6, 6.07) is 0. The maximum atomic E-state index is 11.1. The van der Waals surface area contributed by atoms with Crippen molar-refractivity contribution >= 4 is 0 Å². The van der Waals surface area contributed by atoms with Crippen molar-refractivity contribution in [2.75, 3.05) is 26.2 Å². The van der Waals surface area contributed by atoms with E-state index < -0.39 is 6.10 Å². The van der Waals surface area contributed by atoms with Gasteiger partial charge in [-0.25, -0.2) is 0 Å². The molecule has 1 heterocycles. The molecule has 3 N–H and O–H groups in total. The molecule has 2 unspecified atom stereocenters. The molecule has 0 aromatic heterocycles. The molecule has 0 aromatic carbocycles. The highest BCUT2D eigenvalue weighted by Gasteiger charge is 2.29. The lowest BCUT2D eigenvalue weighted by molar-refractivity contribution is -0.247. The maximum absolute atomic E-state index is 11.1. The van der Waals surface area contributed by atoms with Crippen LogP contribution >= 0.6 is 0 Å². The van der Waals surface area contributed by atoms with Gasteiger partial charge in [0.2, 0.25) is 0 Å². The number of hydrogen-bond acceptors (Lipinski definition) is 6. The second-order valence-electron chi connectivity index (χ2n) is 17.2. The molecule has 6 heteroatoms. The Kier molecular flexibility index (Phi) is 35.8. The minimum absolute atomic E-state index is 0.111. The van der Waals surface area contributed by atoms with Crippen LogP contribution in [0.25, 0.3) is 0 Å². The molecule has 0 aliphatic carbocycles. The summed E-state index contributed by atoms with van der Waals surface area (Å²) in [5.74, 6) is 0.796. The van der Waals surface area contributed by atoms with E-state index in [1.165, 1.54) is 148 Å². The number of aliphatic hydroxyl groups is 3. The zero-order valence-corrected chi connectivity index (χ0v) is 36.2. The Labute approximate surface area is 331 Å². The summed E-state index contributed by atoms with van der Waals surface area (Å²) in [5.41, 5.74) is 0. The maximum Gasteiger partial charge on any atom is 0.158 e. The molecule has 6 nitrogen and oxygen atoms in total. The van der Waals surface area contributed by atoms with Crippen molar-refractivity contribution in [3.8, 4) is 0 Å². The van der Waals surface area contributed by atoms with Crippen LogP contribution in [0.4, 0.5) is 0 Å². The summed E-state index contributed by atoms with van der Waals surface area (Å²) in [5, 5.41) is 31.7. The van der Waals surface area contributed by atoms with Crippen molar-refractivity contribution < 1.29 is 24.8 Å². The molecule has 4 atom stereocenters. The lowest BCUT2D eigenvalue weighted by Gasteiger charge is -2.36. The van der Waals surface area contributed by atoms with E-state index in [1.807, 2.05) is 0 Å². The van der Waals surface area contributed by atoms with E-state index >= 15 is 0 Å². The van der Waals surface area contributed by atoms with Gasteiger partial charge < -0.3 is 24.8 Å². The average Bonchev–Trinajstić information content (AvgIpc) is 3.15. The standard InChI is InChI=1S/C47H95NO5/c1-5-9-13-17-21-29-42(30-22-18-14-10-6-2)31-27-33-44(51)41-48(37-28-38-49)40-43(50)32-25-26-36-47-52-45(34-23-19-15-11-7-3)39-46(53-47)35-24-20-16-12-8-4/h42-47,49-51H,5-41H2,1-4H3/t43-,44+,45?,46?,47?/m1/s1. The molecule has 318 valence electrons. The minimum Gasteiger partial charge on any atom is -0.396 e. The third-order valence-corrected chi connectivity index (χ3v) is 11.9. The first-order valence-corrected chi connectivity index (χ1v) is 24.0. The van der Waals surface area contributed by atoms with E-state index in [9.17, 15) is 15.3 Å². The molecule has 0 amide bonds. The Morgan fingerprint density at radius 2 is 0.868 bits per heavy atom. The Bertz CT molecular complexity index is 704. The fourth-order valence-electron chi connectivity index (χ4n) is 8.49. The monoisotopic (exact) mass is 754 g/mol. The summed E-state index contributed by atoms with van der Waals surface area (Å²) in [7, 11) is 0. The summed E-state index contributed by atoms with van der Waals surface area (Å²) in [4.78, 5) is 2.19. The predicted molar refractivity (Wildman–Crippen MR) is 228 cm³/mol. The Balaban J connectivity index is 2.49. The van der Waals surface area contributed by atoms with Gasteiger partial charge in [-0.15, -0.1) is 0 Å². The molecule has 1 aliphatic rings. The summed E-state index contributed by atoms with van der Waals surface area (Å²) in [6.07, 6.45) is 39.7. The van der Waals surface area contributed by atoms with Crippen molar-refractivity contribution in [2.45, 2.75) is 270 Å². The van der Waals surface area contributed by atoms with Gasteiger partial charge in [0.05, 0.1) is 24.4 Å². The first-order chi connectivity index (χ1) is 25.9. The van der Waals surface area contributed by atoms with Gasteiger partial charge in [0.25, 0.3) is 0 Å². The Morgan fingerprint density at radius 1 is 0.472 bits per heavy atom. The first kappa shape index (κ1) is 50.8. The van der Waals surface area contributed by atoms with Crippen LogP contribution in [0.15, 0.2) is 0 Å². The zero-order valence-electron chi connectivity index (χ0n) is 36.2. The van der Waals surface area contributed by atoms with Crippen LogP contribution in [0.1, 0.15) is 240 Å². The first-order valence-electron chi connectivity index (χ1n) is 24.0. The normalized spacial score (nSPS) is 19.1. The second kappa shape index (κ2) is 37.3. The molecule has 1 saturated heterocycles. The van der Waals surface area contributed by atoms with Crippen molar-refractivity contribution in [3.63, 3.8) is 0 Å². The molecule has 53 heavy (non-hydrogen) atoms. The van der Waals surface area contributed by atoms with E-state index in [1.54, 1.807) is 0 Å². The van der Waals surface area contributed by atoms with E-state index in [0.29, 0.717) is 38.3 Å². The van der Waals surface area contributed by atoms with E-state index in [2.05, 4.69) is 32.6 Å². The highest BCUT2D eigenvalue weighted by Crippen LogP contribution is 2.29. The third-order valence-electron chi connectivity index (χ3n) is 11.9. The zero-order chi connectivity index (χ0) is 38.6. The minimum atomic E-state index is -0.425. The van der Waals surface area contributed by atoms with Crippen LogP contribution in [-0.4, -0.2) is 77.2 Å². The van der Waals surface area contributed by atoms with Crippen molar-refractivity contribution in [3.05, 3.63) is 0 Å². The Morgan fingerprint density at radius 3 is 1.34 bits per heavy atom. The van der Waals surface area contributed by atoms with Crippen LogP contribution in [-0.2, 0) is 9.47 Å². The smallest absolute Gasteiger partial charge is 0.158 e. The number of ether oxygens (including phenoxy) is 2. The number of aliphatic hydroxyl groups excluding tert-OH is 3. The molecule has 1 aliphatic heterocycles. The van der Waals surface area contributed by atoms with Crippen molar-refractivity contribution in [1.29, 1.82) is 0 Å². The van der Waals surface area contributed by atoms with Gasteiger partial charge in [0.15, 0.2) is 6.29 Å². The van der Waals surface area contributed by atoms with E-state index in [0.717, 1.165) is 63.7 Å². The van der Waals surface area contributed by atoms with Crippen molar-refractivity contribution in [2.24, 2.45) is 5.92 Å². The number of nitrogens with zero attached hydrogens (tertiary/aromatic N) is 1. The number of hydrogen-bond donors (Lipinski definition) is 3. The van der Waals surface area contributed by atoms with Gasteiger partial charge in [-0.2, -0.15) is 0 Å². The summed E-state index contributed by atoms with van der Waals surface area (Å²) < 4.78 is 13.0. The molecule has 1 fully saturated rings. The number of rotatable bonds is 40. The molecule has 0 radical (unpaired) electrons. The molecule has 0 aromatic rings. The van der Waals surface area contributed by atoms with E-state index in [4.69, 9.17) is 9.47 Å². The van der Waals surface area contributed by atoms with Crippen LogP contribution in [0.5, 0.6) is 0 Å². The fourth-order valence-corrected chi connectivity index (χ4v) is 8.49. The number of unbranched alkanes of at least 4 members (excludes halogenated alkanes) is 17. The molecule has 0 spiro atoms. The van der Waals surface area contributed by atoms with Gasteiger partial charge in [0, 0.05) is 26.2 Å². The van der Waals surface area contributed by atoms with Crippen LogP contribution < -0.4 is 0 Å². The summed E-state index contributed by atoms with van der Waals surface area (Å²) >= 11 is 0. The quantitative estimate of drug-likeness (QED) is 0.0541. The van der Waals surface area contributed by atoms with Crippen molar-refractivity contribution in [1.82, 2.24) is 4.90 Å². The topological polar surface area (TPSA) is 82.4 Å². The van der Waals surface area contributed by atoms with Gasteiger partial charge in [-0.3, -0.25) is 4.90 Å². The highest BCUT2D eigenvalue weighted by atomic mass is 16.7. The summed E-state index contributed by atoms with van der Waals surface area (Å²) in [6.45, 7) is 11.1. The van der Waals surface area contributed by atoms with Crippen LogP contribution in [0.2, 0.25) is 0 Å². The largest absolute Gasteiger partial charge is 0.396 e. The van der Waals surface area contributed by atoms with Gasteiger partial charge in [-0.05, 0) is 57.3 Å².